The molecule has 0 amide bonds. The van der Waals surface area contributed by atoms with E-state index in [2.05, 4.69) is 18.3 Å². The molecule has 1 aromatic carbocycles. The highest BCUT2D eigenvalue weighted by molar-refractivity contribution is 5.68. The van der Waals surface area contributed by atoms with E-state index in [1.54, 1.807) is 0 Å². The molecule has 0 aliphatic carbocycles. The molecule has 0 bridgehead atoms. The lowest BCUT2D eigenvalue weighted by molar-refractivity contribution is -0.139. The minimum absolute atomic E-state index is 0.291. The van der Waals surface area contributed by atoms with Crippen molar-refractivity contribution in [1.29, 1.82) is 0 Å². The van der Waals surface area contributed by atoms with Crippen LogP contribution in [0.1, 0.15) is 37.8 Å². The van der Waals surface area contributed by atoms with E-state index in [0.717, 1.165) is 25.1 Å². The Bertz CT molecular complexity index is 404. The van der Waals surface area contributed by atoms with E-state index in [4.69, 9.17) is 9.84 Å². The molecular formula is C15H23NO3. The predicted octanol–water partition coefficient (Wildman–Crippen LogP) is 2.60. The van der Waals surface area contributed by atoms with Gasteiger partial charge >= 0.3 is 5.97 Å². The number of benzene rings is 1. The largest absolute Gasteiger partial charge is 0.482 e. The summed E-state index contributed by atoms with van der Waals surface area (Å²) in [6.45, 7) is 5.78. The van der Waals surface area contributed by atoms with Crippen molar-refractivity contribution in [1.82, 2.24) is 5.32 Å². The van der Waals surface area contributed by atoms with Crippen molar-refractivity contribution >= 4 is 5.97 Å². The van der Waals surface area contributed by atoms with Crippen molar-refractivity contribution in [2.45, 2.75) is 39.7 Å². The second-order valence-corrected chi connectivity index (χ2v) is 4.51. The van der Waals surface area contributed by atoms with Gasteiger partial charge in [0.15, 0.2) is 6.61 Å². The normalized spacial score (nSPS) is 10.4. The number of hydrogen-bond acceptors (Lipinski definition) is 3. The van der Waals surface area contributed by atoms with Gasteiger partial charge in [-0.3, -0.25) is 0 Å². The highest BCUT2D eigenvalue weighted by Gasteiger charge is 2.06. The van der Waals surface area contributed by atoms with Gasteiger partial charge in [-0.15, -0.1) is 0 Å². The van der Waals surface area contributed by atoms with Gasteiger partial charge < -0.3 is 15.2 Å². The first-order valence-electron chi connectivity index (χ1n) is 6.84. The fraction of sp³-hybridized carbons (Fsp3) is 0.533. The van der Waals surface area contributed by atoms with Gasteiger partial charge in [0, 0.05) is 6.54 Å². The highest BCUT2D eigenvalue weighted by atomic mass is 16.5. The summed E-state index contributed by atoms with van der Waals surface area (Å²) < 4.78 is 5.27. The quantitative estimate of drug-likeness (QED) is 0.674. The molecule has 0 fully saturated rings. The summed E-state index contributed by atoms with van der Waals surface area (Å²) in [5.41, 5.74) is 2.26. The van der Waals surface area contributed by atoms with E-state index in [0.29, 0.717) is 5.75 Å². The Balaban J connectivity index is 2.59. The first-order chi connectivity index (χ1) is 9.17. The van der Waals surface area contributed by atoms with Crippen LogP contribution < -0.4 is 10.1 Å². The van der Waals surface area contributed by atoms with Crippen molar-refractivity contribution in [3.63, 3.8) is 0 Å². The van der Waals surface area contributed by atoms with Crippen LogP contribution in [0.25, 0.3) is 0 Å². The topological polar surface area (TPSA) is 58.6 Å². The maximum Gasteiger partial charge on any atom is 0.341 e. The Morgan fingerprint density at radius 1 is 1.37 bits per heavy atom. The number of carboxylic acid groups (broad SMARTS) is 1. The third-order valence-electron chi connectivity index (χ3n) is 2.89. The summed E-state index contributed by atoms with van der Waals surface area (Å²) in [6.07, 6.45) is 3.20. The van der Waals surface area contributed by atoms with Crippen molar-refractivity contribution in [3.8, 4) is 5.75 Å². The van der Waals surface area contributed by atoms with Crippen molar-refractivity contribution in [2.24, 2.45) is 0 Å². The number of rotatable bonds is 9. The van der Waals surface area contributed by atoms with Crippen LogP contribution in [0.3, 0.4) is 0 Å². The molecule has 0 aliphatic rings. The number of nitrogens with one attached hydrogen (secondary N) is 1. The smallest absolute Gasteiger partial charge is 0.341 e. The second-order valence-electron chi connectivity index (χ2n) is 4.51. The lowest BCUT2D eigenvalue weighted by atomic mass is 10.1. The average Bonchev–Trinajstić information content (AvgIpc) is 2.41. The van der Waals surface area contributed by atoms with E-state index in [1.807, 2.05) is 19.1 Å². The minimum atomic E-state index is -0.952. The van der Waals surface area contributed by atoms with Crippen LogP contribution in [0.4, 0.5) is 0 Å². The van der Waals surface area contributed by atoms with Crippen LogP contribution in [-0.4, -0.2) is 24.2 Å². The predicted molar refractivity (Wildman–Crippen MR) is 75.6 cm³/mol. The zero-order valence-electron chi connectivity index (χ0n) is 11.7. The zero-order chi connectivity index (χ0) is 14.1. The van der Waals surface area contributed by atoms with Crippen molar-refractivity contribution in [3.05, 3.63) is 29.3 Å². The van der Waals surface area contributed by atoms with Crippen molar-refractivity contribution < 1.29 is 14.6 Å². The lowest BCUT2D eigenvalue weighted by Gasteiger charge is -2.11. The minimum Gasteiger partial charge on any atom is -0.482 e. The van der Waals surface area contributed by atoms with Gasteiger partial charge in [0.05, 0.1) is 0 Å². The summed E-state index contributed by atoms with van der Waals surface area (Å²) in [6, 6.07) is 5.92. The summed E-state index contributed by atoms with van der Waals surface area (Å²) in [5, 5.41) is 12.0. The van der Waals surface area contributed by atoms with Crippen LogP contribution >= 0.6 is 0 Å². The Hall–Kier alpha value is -1.55. The zero-order valence-corrected chi connectivity index (χ0v) is 11.7. The van der Waals surface area contributed by atoms with Gasteiger partial charge in [-0.2, -0.15) is 0 Å². The number of ether oxygens (including phenoxy) is 1. The molecule has 0 aliphatic heterocycles. The summed E-state index contributed by atoms with van der Waals surface area (Å²) in [4.78, 5) is 10.5. The molecule has 0 heterocycles. The van der Waals surface area contributed by atoms with Gasteiger partial charge in [0.25, 0.3) is 0 Å². The summed E-state index contributed by atoms with van der Waals surface area (Å²) in [7, 11) is 0. The lowest BCUT2D eigenvalue weighted by Crippen LogP contribution is -2.15. The number of carbonyl (C=O) groups is 1. The van der Waals surface area contributed by atoms with E-state index >= 15 is 0 Å². The molecular weight excluding hydrogens is 242 g/mol. The maximum atomic E-state index is 10.5. The number of hydrogen-bond donors (Lipinski definition) is 2. The second kappa shape index (κ2) is 8.53. The third-order valence-corrected chi connectivity index (χ3v) is 2.89. The van der Waals surface area contributed by atoms with Gasteiger partial charge in [-0.05, 0) is 36.6 Å². The molecule has 1 aromatic rings. The van der Waals surface area contributed by atoms with Gasteiger partial charge in [-0.1, -0.05) is 32.4 Å². The summed E-state index contributed by atoms with van der Waals surface area (Å²) in [5.74, 6) is -0.283. The summed E-state index contributed by atoms with van der Waals surface area (Å²) >= 11 is 0. The van der Waals surface area contributed by atoms with E-state index in [1.165, 1.54) is 18.4 Å². The number of unbranched alkanes of at least 4 members (excludes halogenated alkanes) is 1. The fourth-order valence-corrected chi connectivity index (χ4v) is 1.83. The Labute approximate surface area is 114 Å². The monoisotopic (exact) mass is 265 g/mol. The van der Waals surface area contributed by atoms with Crippen LogP contribution in [0, 0.1) is 0 Å². The van der Waals surface area contributed by atoms with Crippen molar-refractivity contribution in [2.75, 3.05) is 13.2 Å². The molecule has 0 radical (unpaired) electrons. The van der Waals surface area contributed by atoms with E-state index in [9.17, 15) is 4.79 Å². The first kappa shape index (κ1) is 15.5. The molecule has 0 aromatic heterocycles. The average molecular weight is 265 g/mol. The number of aryl methyl sites for hydroxylation is 1. The van der Waals surface area contributed by atoms with E-state index in [-0.39, 0.29) is 6.61 Å². The standard InChI is InChI=1S/C15H23NO3/c1-3-5-8-16-10-12-6-7-14(13(4-2)9-12)19-11-15(17)18/h6-7,9,16H,3-5,8,10-11H2,1-2H3,(H,17,18). The molecule has 0 saturated heterocycles. The molecule has 1 rings (SSSR count). The molecule has 4 heteroatoms. The van der Waals surface area contributed by atoms with Crippen LogP contribution in [-0.2, 0) is 17.8 Å². The molecule has 19 heavy (non-hydrogen) atoms. The molecule has 0 unspecified atom stereocenters. The Morgan fingerprint density at radius 3 is 2.79 bits per heavy atom. The molecule has 0 atom stereocenters. The Kier molecular flexibility index (Phi) is 6.97. The van der Waals surface area contributed by atoms with Crippen LogP contribution in [0.2, 0.25) is 0 Å². The Morgan fingerprint density at radius 2 is 2.16 bits per heavy atom. The molecule has 2 N–H and O–H groups in total. The first-order valence-corrected chi connectivity index (χ1v) is 6.84. The highest BCUT2D eigenvalue weighted by Crippen LogP contribution is 2.20. The van der Waals surface area contributed by atoms with E-state index < -0.39 is 5.97 Å². The molecule has 4 nitrogen and oxygen atoms in total. The van der Waals surface area contributed by atoms with Gasteiger partial charge in [0.2, 0.25) is 0 Å². The van der Waals surface area contributed by atoms with Gasteiger partial charge in [-0.25, -0.2) is 4.79 Å². The van der Waals surface area contributed by atoms with Gasteiger partial charge in [0.1, 0.15) is 5.75 Å². The molecule has 0 saturated carbocycles. The fourth-order valence-electron chi connectivity index (χ4n) is 1.83. The van der Waals surface area contributed by atoms with Crippen LogP contribution in [0.15, 0.2) is 18.2 Å². The third kappa shape index (κ3) is 5.75. The number of carboxylic acids is 1. The maximum absolute atomic E-state index is 10.5. The number of aliphatic carboxylic acids is 1. The molecule has 0 spiro atoms. The molecule has 106 valence electrons. The SMILES string of the molecule is CCCCNCc1ccc(OCC(=O)O)c(CC)c1. The van der Waals surface area contributed by atoms with Crippen LogP contribution in [0.5, 0.6) is 5.75 Å².